The molecule has 0 fully saturated rings. The Morgan fingerprint density at radius 2 is 1.92 bits per heavy atom. The molecule has 0 bridgehead atoms. The minimum Gasteiger partial charge on any atom is -0.350 e. The second-order valence-corrected chi connectivity index (χ2v) is 5.98. The molecule has 2 aromatic carbocycles. The average molecular weight is 347 g/mol. The van der Waals surface area contributed by atoms with Gasteiger partial charge in [0.15, 0.2) is 5.69 Å². The molecular weight excluding hydrogens is 330 g/mol. The fraction of sp³-hybridized carbons (Fsp3) is 0.158. The van der Waals surface area contributed by atoms with Gasteiger partial charge >= 0.3 is 0 Å². The second kappa shape index (κ2) is 6.79. The number of amides is 1. The van der Waals surface area contributed by atoms with Crippen molar-refractivity contribution in [2.45, 2.75) is 13.0 Å². The first-order chi connectivity index (χ1) is 12.7. The van der Waals surface area contributed by atoms with Crippen LogP contribution in [-0.2, 0) is 6.54 Å². The van der Waals surface area contributed by atoms with E-state index < -0.39 is 5.91 Å². The lowest BCUT2D eigenvalue weighted by atomic mass is 10.2. The molecule has 0 saturated heterocycles. The van der Waals surface area contributed by atoms with E-state index in [-0.39, 0.29) is 11.1 Å². The molecule has 4 rings (SSSR count). The number of hydrogen-bond donors (Lipinski definition) is 2. The smallest absolute Gasteiger partial charge is 0.275 e. The lowest BCUT2D eigenvalue weighted by molar-refractivity contribution is 0.0946. The van der Waals surface area contributed by atoms with Gasteiger partial charge in [-0.15, -0.1) is 0 Å². The van der Waals surface area contributed by atoms with E-state index in [1.54, 1.807) is 30.6 Å². The molecule has 0 atom stereocenters. The van der Waals surface area contributed by atoms with Gasteiger partial charge in [-0.3, -0.25) is 14.7 Å². The third-order valence-electron chi connectivity index (χ3n) is 4.28. The summed E-state index contributed by atoms with van der Waals surface area (Å²) < 4.78 is 2.04. The molecule has 0 spiro atoms. The number of imidazole rings is 1. The first kappa shape index (κ1) is 16.0. The Hall–Kier alpha value is -3.48. The number of nitrogens with one attached hydrogen (secondary N) is 2. The summed E-state index contributed by atoms with van der Waals surface area (Å²) in [6.07, 6.45) is 2.51. The topological polar surface area (TPSA) is 92.7 Å². The van der Waals surface area contributed by atoms with Gasteiger partial charge in [0.1, 0.15) is 0 Å². The van der Waals surface area contributed by atoms with Crippen LogP contribution in [0.4, 0.5) is 0 Å². The third-order valence-corrected chi connectivity index (χ3v) is 4.28. The predicted octanol–water partition coefficient (Wildman–Crippen LogP) is 2.09. The van der Waals surface area contributed by atoms with E-state index >= 15 is 0 Å². The Kier molecular flexibility index (Phi) is 4.18. The lowest BCUT2D eigenvalue weighted by Gasteiger charge is -2.06. The van der Waals surface area contributed by atoms with E-state index in [4.69, 9.17) is 0 Å². The summed E-state index contributed by atoms with van der Waals surface area (Å²) in [5.74, 6) is -0.465. The fourth-order valence-electron chi connectivity index (χ4n) is 2.95. The van der Waals surface area contributed by atoms with Crippen LogP contribution in [0.25, 0.3) is 21.9 Å². The summed E-state index contributed by atoms with van der Waals surface area (Å²) in [7, 11) is 0. The number of fused-ring (bicyclic) bond motifs is 2. The van der Waals surface area contributed by atoms with Gasteiger partial charge in [0.05, 0.1) is 22.9 Å². The molecule has 1 amide bonds. The number of nitrogens with zero attached hydrogens (tertiary/aromatic N) is 3. The predicted molar refractivity (Wildman–Crippen MR) is 99.0 cm³/mol. The van der Waals surface area contributed by atoms with E-state index in [2.05, 4.69) is 20.5 Å². The number of carbonyl (C=O) groups excluding carboxylic acids is 1. The number of aromatic nitrogens is 4. The molecule has 7 heteroatoms. The van der Waals surface area contributed by atoms with Crippen LogP contribution < -0.4 is 10.7 Å². The Morgan fingerprint density at radius 1 is 1.12 bits per heavy atom. The molecule has 2 aromatic heterocycles. The molecule has 2 N–H and O–H groups in total. The van der Waals surface area contributed by atoms with Crippen molar-refractivity contribution >= 4 is 27.8 Å². The van der Waals surface area contributed by atoms with E-state index in [0.29, 0.717) is 17.4 Å². The second-order valence-electron chi connectivity index (χ2n) is 5.98. The van der Waals surface area contributed by atoms with Gasteiger partial charge in [0, 0.05) is 18.5 Å². The van der Waals surface area contributed by atoms with E-state index in [0.717, 1.165) is 24.0 Å². The minimum atomic E-state index is -0.465. The first-order valence-corrected chi connectivity index (χ1v) is 8.39. The van der Waals surface area contributed by atoms with Crippen molar-refractivity contribution in [2.24, 2.45) is 0 Å². The van der Waals surface area contributed by atoms with Crippen LogP contribution in [0, 0.1) is 0 Å². The van der Waals surface area contributed by atoms with Crippen molar-refractivity contribution in [3.05, 3.63) is 70.8 Å². The first-order valence-electron chi connectivity index (χ1n) is 8.39. The maximum absolute atomic E-state index is 12.4. The summed E-state index contributed by atoms with van der Waals surface area (Å²) in [5, 5.41) is 9.88. The molecule has 7 nitrogen and oxygen atoms in total. The van der Waals surface area contributed by atoms with E-state index in [9.17, 15) is 9.59 Å². The molecule has 0 unspecified atom stereocenters. The summed E-state index contributed by atoms with van der Waals surface area (Å²) in [6.45, 7) is 1.17. The molecular formula is C19H17N5O2. The highest BCUT2D eigenvalue weighted by Crippen LogP contribution is 2.12. The monoisotopic (exact) mass is 347 g/mol. The van der Waals surface area contributed by atoms with Gasteiger partial charge in [0.25, 0.3) is 5.91 Å². The van der Waals surface area contributed by atoms with E-state index in [1.165, 1.54) is 0 Å². The fourth-order valence-corrected chi connectivity index (χ4v) is 2.95. The normalized spacial score (nSPS) is 11.1. The molecule has 130 valence electrons. The number of H-pyrrole nitrogens is 1. The van der Waals surface area contributed by atoms with E-state index in [1.807, 2.05) is 28.8 Å². The van der Waals surface area contributed by atoms with Crippen LogP contribution in [-0.4, -0.2) is 32.2 Å². The van der Waals surface area contributed by atoms with Crippen LogP contribution >= 0.6 is 0 Å². The highest BCUT2D eigenvalue weighted by molar-refractivity contribution is 5.95. The molecule has 2 heterocycles. The van der Waals surface area contributed by atoms with Gasteiger partial charge in [-0.2, -0.15) is 5.10 Å². The Morgan fingerprint density at radius 3 is 2.85 bits per heavy atom. The molecule has 0 aliphatic carbocycles. The van der Waals surface area contributed by atoms with Gasteiger partial charge in [-0.25, -0.2) is 4.98 Å². The van der Waals surface area contributed by atoms with Crippen LogP contribution in [0.15, 0.2) is 59.7 Å². The zero-order chi connectivity index (χ0) is 17.9. The standard InChI is InChI=1S/C19H17N5O2/c25-18-13-6-1-2-7-14(13)22-23-17(18)19(26)20-10-5-11-24-12-21-15-8-3-4-9-16(15)24/h1-4,6-9,12H,5,10-11H2,(H,20,26)(H,22,25). The number of aryl methyl sites for hydroxylation is 1. The SMILES string of the molecule is O=C(NCCCn1cnc2ccccc21)c1n[nH]c2ccccc2c1=O. The molecule has 0 aliphatic rings. The number of hydrogen-bond acceptors (Lipinski definition) is 4. The number of para-hydroxylation sites is 3. The maximum atomic E-state index is 12.4. The summed E-state index contributed by atoms with van der Waals surface area (Å²) in [6, 6.07) is 14.9. The number of benzene rings is 2. The van der Waals surface area contributed by atoms with Crippen LogP contribution in [0.1, 0.15) is 16.9 Å². The zero-order valence-electron chi connectivity index (χ0n) is 14.0. The van der Waals surface area contributed by atoms with Crippen molar-refractivity contribution in [2.75, 3.05) is 6.54 Å². The summed E-state index contributed by atoms with van der Waals surface area (Å²) >= 11 is 0. The van der Waals surface area contributed by atoms with Gasteiger partial charge < -0.3 is 9.88 Å². The quantitative estimate of drug-likeness (QED) is 0.541. The van der Waals surface area contributed by atoms with Gasteiger partial charge in [-0.1, -0.05) is 24.3 Å². The molecule has 0 saturated carbocycles. The highest BCUT2D eigenvalue weighted by Gasteiger charge is 2.14. The lowest BCUT2D eigenvalue weighted by Crippen LogP contribution is -2.31. The van der Waals surface area contributed by atoms with Crippen LogP contribution in [0.2, 0.25) is 0 Å². The largest absolute Gasteiger partial charge is 0.350 e. The molecule has 26 heavy (non-hydrogen) atoms. The van der Waals surface area contributed by atoms with Crippen LogP contribution in [0.3, 0.4) is 0 Å². The minimum absolute atomic E-state index is 0.114. The van der Waals surface area contributed by atoms with Crippen molar-refractivity contribution in [1.29, 1.82) is 0 Å². The summed E-state index contributed by atoms with van der Waals surface area (Å²) in [4.78, 5) is 29.0. The summed E-state index contributed by atoms with van der Waals surface area (Å²) in [5.41, 5.74) is 2.14. The van der Waals surface area contributed by atoms with Crippen LogP contribution in [0.5, 0.6) is 0 Å². The molecule has 0 aliphatic heterocycles. The number of rotatable bonds is 5. The Balaban J connectivity index is 1.40. The van der Waals surface area contributed by atoms with Gasteiger partial charge in [0.2, 0.25) is 5.43 Å². The Labute approximate surface area is 148 Å². The van der Waals surface area contributed by atoms with Crippen molar-refractivity contribution in [1.82, 2.24) is 25.1 Å². The van der Waals surface area contributed by atoms with Gasteiger partial charge in [-0.05, 0) is 30.7 Å². The van der Waals surface area contributed by atoms with Crippen molar-refractivity contribution in [3.8, 4) is 0 Å². The Bertz CT molecular complexity index is 1150. The third kappa shape index (κ3) is 2.95. The van der Waals surface area contributed by atoms with Crippen molar-refractivity contribution < 1.29 is 4.79 Å². The van der Waals surface area contributed by atoms with Crippen molar-refractivity contribution in [3.63, 3.8) is 0 Å². The zero-order valence-corrected chi connectivity index (χ0v) is 14.0. The highest BCUT2D eigenvalue weighted by atomic mass is 16.2. The number of aromatic amines is 1. The molecule has 0 radical (unpaired) electrons. The molecule has 4 aromatic rings. The number of carbonyl (C=O) groups is 1. The average Bonchev–Trinajstić information content (AvgIpc) is 3.09. The maximum Gasteiger partial charge on any atom is 0.275 e.